The molecule has 1 heterocycles. The highest BCUT2D eigenvalue weighted by Crippen LogP contribution is 2.43. The van der Waals surface area contributed by atoms with Crippen LogP contribution in [0.5, 0.6) is 17.2 Å². The van der Waals surface area contributed by atoms with Gasteiger partial charge in [0, 0.05) is 0 Å². The van der Waals surface area contributed by atoms with Crippen molar-refractivity contribution < 1.29 is 28.8 Å². The normalized spacial score (nSPS) is 14.2. The maximum Gasteiger partial charge on any atom is 0.339 e. The van der Waals surface area contributed by atoms with Gasteiger partial charge in [0.1, 0.15) is 0 Å². The Hall–Kier alpha value is -1.95. The zero-order valence-corrected chi connectivity index (χ0v) is 10.1. The molecule has 6 nitrogen and oxygen atoms in total. The second-order valence-corrected chi connectivity index (χ2v) is 3.61. The van der Waals surface area contributed by atoms with E-state index in [-0.39, 0.29) is 13.4 Å². The quantitative estimate of drug-likeness (QED) is 0.809. The smallest absolute Gasteiger partial charge is 0.339 e. The van der Waals surface area contributed by atoms with E-state index in [2.05, 4.69) is 0 Å². The van der Waals surface area contributed by atoms with E-state index in [4.69, 9.17) is 18.9 Å². The molecule has 0 spiro atoms. The standard InChI is InChI=1S/C12H14O6/c1-3-16-12(14)10(13)7-4-8(15-2)11-9(5-7)17-6-18-11/h4-5,10,13H,3,6H2,1-2H3. The Balaban J connectivity index is 2.31. The Morgan fingerprint density at radius 1 is 1.50 bits per heavy atom. The minimum Gasteiger partial charge on any atom is -0.493 e. The third-order valence-electron chi connectivity index (χ3n) is 2.51. The molecule has 2 rings (SSSR count). The van der Waals surface area contributed by atoms with Crippen LogP contribution >= 0.6 is 0 Å². The topological polar surface area (TPSA) is 74.2 Å². The van der Waals surface area contributed by atoms with Crippen molar-refractivity contribution in [3.63, 3.8) is 0 Å². The molecule has 98 valence electrons. The molecule has 0 radical (unpaired) electrons. The van der Waals surface area contributed by atoms with E-state index < -0.39 is 12.1 Å². The molecule has 1 aliphatic rings. The van der Waals surface area contributed by atoms with Crippen LogP contribution in [0, 0.1) is 0 Å². The molecule has 0 bridgehead atoms. The molecule has 1 N–H and O–H groups in total. The summed E-state index contributed by atoms with van der Waals surface area (Å²) < 4.78 is 20.3. The fourth-order valence-electron chi connectivity index (χ4n) is 1.67. The van der Waals surface area contributed by atoms with Crippen molar-refractivity contribution in [2.24, 2.45) is 0 Å². The van der Waals surface area contributed by atoms with Crippen molar-refractivity contribution in [3.05, 3.63) is 17.7 Å². The summed E-state index contributed by atoms with van der Waals surface area (Å²) in [5.41, 5.74) is 0.342. The van der Waals surface area contributed by atoms with Gasteiger partial charge >= 0.3 is 5.97 Å². The van der Waals surface area contributed by atoms with Gasteiger partial charge in [0.25, 0.3) is 0 Å². The molecular weight excluding hydrogens is 240 g/mol. The van der Waals surface area contributed by atoms with Crippen LogP contribution in [0.25, 0.3) is 0 Å². The number of aliphatic hydroxyl groups is 1. The highest BCUT2D eigenvalue weighted by Gasteiger charge is 2.26. The Labute approximate surface area is 104 Å². The molecule has 0 fully saturated rings. The highest BCUT2D eigenvalue weighted by molar-refractivity contribution is 5.77. The molecule has 1 atom stereocenters. The van der Waals surface area contributed by atoms with Gasteiger partial charge in [-0.1, -0.05) is 0 Å². The predicted molar refractivity (Wildman–Crippen MR) is 60.7 cm³/mol. The van der Waals surface area contributed by atoms with Crippen LogP contribution in [-0.4, -0.2) is 31.6 Å². The second kappa shape index (κ2) is 5.14. The number of carbonyl (C=O) groups is 1. The lowest BCUT2D eigenvalue weighted by Crippen LogP contribution is -2.15. The number of rotatable bonds is 4. The third-order valence-corrected chi connectivity index (χ3v) is 2.51. The summed E-state index contributed by atoms with van der Waals surface area (Å²) in [5.74, 6) is 0.603. The molecule has 0 saturated carbocycles. The maximum absolute atomic E-state index is 11.5. The summed E-state index contributed by atoms with van der Waals surface area (Å²) in [4.78, 5) is 11.5. The van der Waals surface area contributed by atoms with Crippen LogP contribution in [0.4, 0.5) is 0 Å². The molecule has 0 aliphatic carbocycles. The fraction of sp³-hybridized carbons (Fsp3) is 0.417. The zero-order chi connectivity index (χ0) is 13.1. The first-order valence-corrected chi connectivity index (χ1v) is 5.49. The van der Waals surface area contributed by atoms with Crippen LogP contribution in [0.1, 0.15) is 18.6 Å². The number of fused-ring (bicyclic) bond motifs is 1. The number of aliphatic hydroxyl groups excluding tert-OH is 1. The van der Waals surface area contributed by atoms with Crippen LogP contribution < -0.4 is 14.2 Å². The molecule has 0 amide bonds. The van der Waals surface area contributed by atoms with Gasteiger partial charge in [0.05, 0.1) is 13.7 Å². The molecule has 18 heavy (non-hydrogen) atoms. The average molecular weight is 254 g/mol. The Bertz CT molecular complexity index is 456. The molecule has 1 aromatic carbocycles. The molecule has 1 aliphatic heterocycles. The van der Waals surface area contributed by atoms with Crippen LogP contribution in [0.2, 0.25) is 0 Å². The van der Waals surface area contributed by atoms with Gasteiger partial charge in [0.15, 0.2) is 17.6 Å². The molecule has 6 heteroatoms. The van der Waals surface area contributed by atoms with E-state index in [0.29, 0.717) is 22.8 Å². The van der Waals surface area contributed by atoms with E-state index >= 15 is 0 Å². The van der Waals surface area contributed by atoms with Gasteiger partial charge in [0.2, 0.25) is 12.5 Å². The summed E-state index contributed by atoms with van der Waals surface area (Å²) in [7, 11) is 1.47. The second-order valence-electron chi connectivity index (χ2n) is 3.61. The number of methoxy groups -OCH3 is 1. The van der Waals surface area contributed by atoms with Crippen LogP contribution in [-0.2, 0) is 9.53 Å². The summed E-state index contributed by atoms with van der Waals surface area (Å²) >= 11 is 0. The Morgan fingerprint density at radius 3 is 2.94 bits per heavy atom. The van der Waals surface area contributed by atoms with Crippen LogP contribution in [0.3, 0.4) is 0 Å². The van der Waals surface area contributed by atoms with Gasteiger partial charge in [-0.15, -0.1) is 0 Å². The fourth-order valence-corrected chi connectivity index (χ4v) is 1.67. The van der Waals surface area contributed by atoms with E-state index in [1.54, 1.807) is 6.92 Å². The van der Waals surface area contributed by atoms with Crippen LogP contribution in [0.15, 0.2) is 12.1 Å². The zero-order valence-electron chi connectivity index (χ0n) is 10.1. The van der Waals surface area contributed by atoms with Crippen molar-refractivity contribution in [2.45, 2.75) is 13.0 Å². The van der Waals surface area contributed by atoms with Crippen molar-refractivity contribution in [3.8, 4) is 17.2 Å². The van der Waals surface area contributed by atoms with Crippen molar-refractivity contribution >= 4 is 5.97 Å². The molecule has 0 saturated heterocycles. The Kier molecular flexibility index (Phi) is 3.57. The van der Waals surface area contributed by atoms with Crippen molar-refractivity contribution in [1.82, 2.24) is 0 Å². The SMILES string of the molecule is CCOC(=O)C(O)c1cc(OC)c2c(c1)OCO2. The Morgan fingerprint density at radius 2 is 2.28 bits per heavy atom. The van der Waals surface area contributed by atoms with Gasteiger partial charge in [-0.25, -0.2) is 4.79 Å². The molecule has 1 unspecified atom stereocenters. The van der Waals surface area contributed by atoms with E-state index in [0.717, 1.165) is 0 Å². The third kappa shape index (κ3) is 2.19. The van der Waals surface area contributed by atoms with Crippen molar-refractivity contribution in [1.29, 1.82) is 0 Å². The minimum absolute atomic E-state index is 0.0879. The van der Waals surface area contributed by atoms with E-state index in [1.165, 1.54) is 19.2 Å². The number of hydrogen-bond acceptors (Lipinski definition) is 6. The average Bonchev–Trinajstić information content (AvgIpc) is 2.85. The minimum atomic E-state index is -1.37. The summed E-state index contributed by atoms with van der Waals surface area (Å²) in [6.07, 6.45) is -1.37. The first kappa shape index (κ1) is 12.5. The maximum atomic E-state index is 11.5. The first-order valence-electron chi connectivity index (χ1n) is 5.49. The lowest BCUT2D eigenvalue weighted by atomic mass is 10.1. The van der Waals surface area contributed by atoms with Gasteiger partial charge in [-0.2, -0.15) is 0 Å². The number of esters is 1. The van der Waals surface area contributed by atoms with E-state index in [1.807, 2.05) is 0 Å². The lowest BCUT2D eigenvalue weighted by molar-refractivity contribution is -0.153. The molecule has 1 aromatic rings. The number of ether oxygens (including phenoxy) is 4. The van der Waals surface area contributed by atoms with Crippen molar-refractivity contribution in [2.75, 3.05) is 20.5 Å². The van der Waals surface area contributed by atoms with Gasteiger partial charge in [-0.05, 0) is 24.6 Å². The molecular formula is C12H14O6. The summed E-state index contributed by atoms with van der Waals surface area (Å²) in [6.45, 7) is 1.97. The highest BCUT2D eigenvalue weighted by atomic mass is 16.7. The number of hydrogen-bond donors (Lipinski definition) is 1. The summed E-state index contributed by atoms with van der Waals surface area (Å²) in [5, 5.41) is 9.84. The number of benzene rings is 1. The van der Waals surface area contributed by atoms with Gasteiger partial charge in [-0.3, -0.25) is 0 Å². The predicted octanol–water partition coefficient (Wildman–Crippen LogP) is 1.02. The largest absolute Gasteiger partial charge is 0.493 e. The number of carbonyl (C=O) groups excluding carboxylic acids is 1. The molecule has 0 aromatic heterocycles. The first-order chi connectivity index (χ1) is 8.67. The van der Waals surface area contributed by atoms with E-state index in [9.17, 15) is 9.90 Å². The summed E-state index contributed by atoms with van der Waals surface area (Å²) in [6, 6.07) is 3.06. The lowest BCUT2D eigenvalue weighted by Gasteiger charge is -2.12. The monoisotopic (exact) mass is 254 g/mol. The van der Waals surface area contributed by atoms with Gasteiger partial charge < -0.3 is 24.1 Å².